The van der Waals surface area contributed by atoms with Crippen LogP contribution in [-0.4, -0.2) is 10.7 Å². The summed E-state index contributed by atoms with van der Waals surface area (Å²) in [5.74, 6) is 2.53. The molecule has 1 N–H and O–H groups in total. The van der Waals surface area contributed by atoms with E-state index in [4.69, 9.17) is 6.42 Å². The van der Waals surface area contributed by atoms with Gasteiger partial charge in [-0.25, -0.2) is 0 Å². The zero-order chi connectivity index (χ0) is 8.54. The van der Waals surface area contributed by atoms with Gasteiger partial charge in [0.15, 0.2) is 0 Å². The van der Waals surface area contributed by atoms with Crippen molar-refractivity contribution in [2.45, 2.75) is 45.1 Å². The van der Waals surface area contributed by atoms with Crippen molar-refractivity contribution >= 4 is 0 Å². The SMILES string of the molecule is C#C[C@@]1(O)CCCCC1(C)C. The molecule has 0 aliphatic heterocycles. The second kappa shape index (κ2) is 2.53. The maximum absolute atomic E-state index is 9.97. The summed E-state index contributed by atoms with van der Waals surface area (Å²) in [4.78, 5) is 0. The van der Waals surface area contributed by atoms with Gasteiger partial charge in [0.05, 0.1) is 0 Å². The van der Waals surface area contributed by atoms with E-state index in [0.29, 0.717) is 0 Å². The van der Waals surface area contributed by atoms with Crippen LogP contribution in [0.3, 0.4) is 0 Å². The van der Waals surface area contributed by atoms with Gasteiger partial charge in [0.1, 0.15) is 5.60 Å². The van der Waals surface area contributed by atoms with Gasteiger partial charge in [0.25, 0.3) is 0 Å². The van der Waals surface area contributed by atoms with Gasteiger partial charge in [-0.1, -0.05) is 26.2 Å². The van der Waals surface area contributed by atoms with Crippen molar-refractivity contribution in [3.05, 3.63) is 0 Å². The van der Waals surface area contributed by atoms with E-state index in [1.165, 1.54) is 6.42 Å². The number of hydrogen-bond acceptors (Lipinski definition) is 1. The highest BCUT2D eigenvalue weighted by Crippen LogP contribution is 2.43. The van der Waals surface area contributed by atoms with Crippen LogP contribution in [0.1, 0.15) is 39.5 Å². The van der Waals surface area contributed by atoms with Crippen molar-refractivity contribution in [3.8, 4) is 12.3 Å². The molecule has 1 rings (SSSR count). The Morgan fingerprint density at radius 2 is 1.82 bits per heavy atom. The van der Waals surface area contributed by atoms with Gasteiger partial charge in [0.2, 0.25) is 0 Å². The Kier molecular flexibility index (Phi) is 1.98. The minimum absolute atomic E-state index is 0.0972. The zero-order valence-electron chi connectivity index (χ0n) is 7.35. The first-order valence-electron chi connectivity index (χ1n) is 4.22. The van der Waals surface area contributed by atoms with Crippen LogP contribution in [0.4, 0.5) is 0 Å². The van der Waals surface area contributed by atoms with E-state index >= 15 is 0 Å². The number of terminal acetylenes is 1. The van der Waals surface area contributed by atoms with Crippen LogP contribution in [0, 0.1) is 17.8 Å². The molecule has 0 heterocycles. The lowest BCUT2D eigenvalue weighted by molar-refractivity contribution is -0.0479. The Hall–Kier alpha value is -0.480. The largest absolute Gasteiger partial charge is 0.377 e. The number of hydrogen-bond donors (Lipinski definition) is 1. The molecule has 0 saturated heterocycles. The molecule has 0 aromatic rings. The zero-order valence-corrected chi connectivity index (χ0v) is 7.35. The van der Waals surface area contributed by atoms with Crippen molar-refractivity contribution in [1.82, 2.24) is 0 Å². The summed E-state index contributed by atoms with van der Waals surface area (Å²) in [6.45, 7) is 4.10. The van der Waals surface area contributed by atoms with Crippen LogP contribution in [0.2, 0.25) is 0 Å². The molecule has 0 unspecified atom stereocenters. The van der Waals surface area contributed by atoms with E-state index < -0.39 is 5.60 Å². The Bertz CT molecular complexity index is 188. The maximum Gasteiger partial charge on any atom is 0.130 e. The molecule has 0 aromatic heterocycles. The third-order valence-electron chi connectivity index (χ3n) is 2.95. The Morgan fingerprint density at radius 1 is 1.27 bits per heavy atom. The summed E-state index contributed by atoms with van der Waals surface area (Å²) < 4.78 is 0. The number of aliphatic hydroxyl groups is 1. The van der Waals surface area contributed by atoms with Crippen LogP contribution in [-0.2, 0) is 0 Å². The fraction of sp³-hybridized carbons (Fsp3) is 0.800. The van der Waals surface area contributed by atoms with Crippen LogP contribution in [0.5, 0.6) is 0 Å². The fourth-order valence-electron chi connectivity index (χ4n) is 1.76. The third-order valence-corrected chi connectivity index (χ3v) is 2.95. The van der Waals surface area contributed by atoms with Gasteiger partial charge < -0.3 is 5.11 Å². The smallest absolute Gasteiger partial charge is 0.130 e. The highest BCUT2D eigenvalue weighted by Gasteiger charge is 2.43. The van der Waals surface area contributed by atoms with Crippen molar-refractivity contribution < 1.29 is 5.11 Å². The van der Waals surface area contributed by atoms with Crippen molar-refractivity contribution in [2.24, 2.45) is 5.41 Å². The van der Waals surface area contributed by atoms with E-state index in [1.807, 2.05) is 13.8 Å². The van der Waals surface area contributed by atoms with Crippen molar-refractivity contribution in [2.75, 3.05) is 0 Å². The Balaban J connectivity index is 2.85. The average molecular weight is 152 g/mol. The first-order chi connectivity index (χ1) is 5.02. The molecule has 0 radical (unpaired) electrons. The molecule has 11 heavy (non-hydrogen) atoms. The first kappa shape index (κ1) is 8.62. The summed E-state index contributed by atoms with van der Waals surface area (Å²) >= 11 is 0. The highest BCUT2D eigenvalue weighted by molar-refractivity contribution is 5.15. The molecule has 1 aliphatic rings. The van der Waals surface area contributed by atoms with Gasteiger partial charge >= 0.3 is 0 Å². The molecular weight excluding hydrogens is 136 g/mol. The molecule has 0 amide bonds. The van der Waals surface area contributed by atoms with Gasteiger partial charge in [0, 0.05) is 5.41 Å². The minimum atomic E-state index is -0.856. The first-order valence-corrected chi connectivity index (χ1v) is 4.22. The third kappa shape index (κ3) is 1.28. The molecule has 0 spiro atoms. The molecule has 1 aliphatic carbocycles. The summed E-state index contributed by atoms with van der Waals surface area (Å²) in [6, 6.07) is 0. The monoisotopic (exact) mass is 152 g/mol. The fourth-order valence-corrected chi connectivity index (χ4v) is 1.76. The van der Waals surface area contributed by atoms with Gasteiger partial charge in [-0.3, -0.25) is 0 Å². The normalized spacial score (nSPS) is 36.2. The molecule has 1 nitrogen and oxygen atoms in total. The minimum Gasteiger partial charge on any atom is -0.377 e. The molecule has 1 saturated carbocycles. The molecule has 1 fully saturated rings. The Morgan fingerprint density at radius 3 is 2.18 bits per heavy atom. The molecule has 0 bridgehead atoms. The van der Waals surface area contributed by atoms with Crippen LogP contribution in [0.25, 0.3) is 0 Å². The predicted octanol–water partition coefficient (Wildman–Crippen LogP) is 1.95. The average Bonchev–Trinajstić information content (AvgIpc) is 1.95. The summed E-state index contributed by atoms with van der Waals surface area (Å²) in [5.41, 5.74) is -0.953. The summed E-state index contributed by atoms with van der Waals surface area (Å²) in [6.07, 6.45) is 9.36. The molecule has 1 heteroatoms. The predicted molar refractivity (Wildman–Crippen MR) is 46.0 cm³/mol. The molecular formula is C10H16O. The van der Waals surface area contributed by atoms with Crippen molar-refractivity contribution in [1.29, 1.82) is 0 Å². The standard InChI is InChI=1S/C10H16O/c1-4-10(11)8-6-5-7-9(10,2)3/h1,11H,5-8H2,2-3H3/t10-/m1/s1. The van der Waals surface area contributed by atoms with E-state index in [0.717, 1.165) is 19.3 Å². The lowest BCUT2D eigenvalue weighted by atomic mass is 9.66. The molecule has 1 atom stereocenters. The summed E-state index contributed by atoms with van der Waals surface area (Å²) in [5, 5.41) is 9.97. The molecule has 62 valence electrons. The second-order valence-corrected chi connectivity index (χ2v) is 4.10. The lowest BCUT2D eigenvalue weighted by Crippen LogP contribution is -2.45. The van der Waals surface area contributed by atoms with Gasteiger partial charge in [-0.2, -0.15) is 0 Å². The van der Waals surface area contributed by atoms with Crippen LogP contribution >= 0.6 is 0 Å². The van der Waals surface area contributed by atoms with Crippen LogP contribution in [0.15, 0.2) is 0 Å². The lowest BCUT2D eigenvalue weighted by Gasteiger charge is -2.42. The highest BCUT2D eigenvalue weighted by atomic mass is 16.3. The topological polar surface area (TPSA) is 20.2 Å². The van der Waals surface area contributed by atoms with E-state index in [9.17, 15) is 5.11 Å². The van der Waals surface area contributed by atoms with E-state index in [1.54, 1.807) is 0 Å². The summed E-state index contributed by atoms with van der Waals surface area (Å²) in [7, 11) is 0. The maximum atomic E-state index is 9.97. The van der Waals surface area contributed by atoms with Gasteiger partial charge in [-0.15, -0.1) is 6.42 Å². The van der Waals surface area contributed by atoms with Gasteiger partial charge in [-0.05, 0) is 19.3 Å². The number of rotatable bonds is 0. The van der Waals surface area contributed by atoms with E-state index in [-0.39, 0.29) is 5.41 Å². The quantitative estimate of drug-likeness (QED) is 0.526. The van der Waals surface area contributed by atoms with Crippen molar-refractivity contribution in [3.63, 3.8) is 0 Å². The van der Waals surface area contributed by atoms with E-state index in [2.05, 4.69) is 5.92 Å². The Labute approximate surface area is 68.8 Å². The molecule has 0 aromatic carbocycles. The van der Waals surface area contributed by atoms with Crippen LogP contribution < -0.4 is 0 Å². The second-order valence-electron chi connectivity index (χ2n) is 4.10.